The van der Waals surface area contributed by atoms with Crippen LogP contribution in [0.3, 0.4) is 0 Å². The highest BCUT2D eigenvalue weighted by Gasteiger charge is 2.26. The molecule has 1 saturated heterocycles. The van der Waals surface area contributed by atoms with E-state index in [1.807, 2.05) is 10.6 Å². The normalized spacial score (nSPS) is 15.4. The monoisotopic (exact) mass is 260 g/mol. The minimum Gasteiger partial charge on any atom is -0.273 e. The van der Waals surface area contributed by atoms with Crippen molar-refractivity contribution in [3.63, 3.8) is 0 Å². The number of hydrogen-bond donors (Lipinski definition) is 2. The first-order chi connectivity index (χ1) is 9.06. The Morgan fingerprint density at radius 2 is 1.53 bits per heavy atom. The SMILES string of the molecule is O=C1NC(=O)C(=C/C=C/c2ccc(F)cc2)C(=O)N1. The average molecular weight is 260 g/mol. The van der Waals surface area contributed by atoms with Crippen molar-refractivity contribution in [1.29, 1.82) is 0 Å². The van der Waals surface area contributed by atoms with Crippen LogP contribution in [0.1, 0.15) is 5.56 Å². The summed E-state index contributed by atoms with van der Waals surface area (Å²) in [6, 6.07) is 4.86. The second-order valence-corrected chi connectivity index (χ2v) is 3.73. The maximum absolute atomic E-state index is 12.7. The van der Waals surface area contributed by atoms with Gasteiger partial charge in [-0.05, 0) is 23.8 Å². The van der Waals surface area contributed by atoms with E-state index in [1.54, 1.807) is 18.2 Å². The predicted octanol–water partition coefficient (Wildman–Crippen LogP) is 1.13. The van der Waals surface area contributed by atoms with Crippen LogP contribution < -0.4 is 10.6 Å². The molecule has 0 radical (unpaired) electrons. The third-order valence-electron chi connectivity index (χ3n) is 2.36. The van der Waals surface area contributed by atoms with Crippen LogP contribution in [0.4, 0.5) is 9.18 Å². The van der Waals surface area contributed by atoms with E-state index in [1.165, 1.54) is 24.3 Å². The Bertz CT molecular complexity index is 581. The molecule has 96 valence electrons. The third-order valence-corrected chi connectivity index (χ3v) is 2.36. The van der Waals surface area contributed by atoms with E-state index in [4.69, 9.17) is 0 Å². The summed E-state index contributed by atoms with van der Waals surface area (Å²) in [5, 5.41) is 3.91. The van der Waals surface area contributed by atoms with Crippen LogP contribution in [-0.2, 0) is 9.59 Å². The molecule has 0 bridgehead atoms. The summed E-state index contributed by atoms with van der Waals surface area (Å²) in [6.07, 6.45) is 4.35. The highest BCUT2D eigenvalue weighted by atomic mass is 19.1. The Kier molecular flexibility index (Phi) is 3.51. The lowest BCUT2D eigenvalue weighted by Crippen LogP contribution is -2.51. The van der Waals surface area contributed by atoms with Crippen molar-refractivity contribution in [2.75, 3.05) is 0 Å². The van der Waals surface area contributed by atoms with Crippen LogP contribution in [0.25, 0.3) is 6.08 Å². The van der Waals surface area contributed by atoms with Crippen LogP contribution in [0.15, 0.2) is 42.0 Å². The second-order valence-electron chi connectivity index (χ2n) is 3.73. The Balaban J connectivity index is 2.13. The van der Waals surface area contributed by atoms with Gasteiger partial charge in [0.15, 0.2) is 0 Å². The quantitative estimate of drug-likeness (QED) is 0.618. The molecule has 4 amide bonds. The molecular formula is C13H9FN2O3. The van der Waals surface area contributed by atoms with Gasteiger partial charge >= 0.3 is 6.03 Å². The molecule has 0 aliphatic carbocycles. The highest BCUT2D eigenvalue weighted by Crippen LogP contribution is 2.06. The molecule has 0 aromatic heterocycles. The third kappa shape index (κ3) is 3.12. The van der Waals surface area contributed by atoms with Gasteiger partial charge in [-0.2, -0.15) is 0 Å². The van der Waals surface area contributed by atoms with Gasteiger partial charge < -0.3 is 0 Å². The van der Waals surface area contributed by atoms with Gasteiger partial charge in [-0.25, -0.2) is 9.18 Å². The molecule has 5 nitrogen and oxygen atoms in total. The molecule has 6 heteroatoms. The summed E-state index contributed by atoms with van der Waals surface area (Å²) in [6.45, 7) is 0. The van der Waals surface area contributed by atoms with Crippen molar-refractivity contribution in [1.82, 2.24) is 10.6 Å². The summed E-state index contributed by atoms with van der Waals surface area (Å²) >= 11 is 0. The molecule has 1 aromatic carbocycles. The van der Waals surface area contributed by atoms with Gasteiger partial charge in [0.05, 0.1) is 0 Å². The van der Waals surface area contributed by atoms with E-state index in [0.29, 0.717) is 5.56 Å². The van der Waals surface area contributed by atoms with Crippen LogP contribution in [-0.4, -0.2) is 17.8 Å². The number of benzene rings is 1. The largest absolute Gasteiger partial charge is 0.328 e. The van der Waals surface area contributed by atoms with Crippen molar-refractivity contribution in [2.24, 2.45) is 0 Å². The smallest absolute Gasteiger partial charge is 0.273 e. The summed E-state index contributed by atoms with van der Waals surface area (Å²) in [5.41, 5.74) is 0.545. The Hall–Kier alpha value is -2.76. The first-order valence-corrected chi connectivity index (χ1v) is 5.37. The van der Waals surface area contributed by atoms with E-state index < -0.39 is 17.8 Å². The first kappa shape index (κ1) is 12.7. The topological polar surface area (TPSA) is 75.3 Å². The molecule has 1 fully saturated rings. The number of carbonyl (C=O) groups excluding carboxylic acids is 3. The van der Waals surface area contributed by atoms with Crippen molar-refractivity contribution in [3.05, 3.63) is 53.4 Å². The Morgan fingerprint density at radius 1 is 0.947 bits per heavy atom. The number of carbonyl (C=O) groups is 3. The number of allylic oxidation sites excluding steroid dienone is 2. The van der Waals surface area contributed by atoms with Crippen molar-refractivity contribution < 1.29 is 18.8 Å². The number of halogens is 1. The van der Waals surface area contributed by atoms with Crippen LogP contribution in [0.2, 0.25) is 0 Å². The lowest BCUT2D eigenvalue weighted by molar-refractivity contribution is -0.124. The summed E-state index contributed by atoms with van der Waals surface area (Å²) in [7, 11) is 0. The molecule has 2 N–H and O–H groups in total. The maximum atomic E-state index is 12.7. The Labute approximate surface area is 107 Å². The zero-order chi connectivity index (χ0) is 13.8. The molecule has 19 heavy (non-hydrogen) atoms. The Morgan fingerprint density at radius 3 is 2.11 bits per heavy atom. The van der Waals surface area contributed by atoms with Crippen molar-refractivity contribution in [2.45, 2.75) is 0 Å². The molecule has 0 atom stereocenters. The molecule has 1 aromatic rings. The fourth-order valence-electron chi connectivity index (χ4n) is 1.46. The molecule has 0 spiro atoms. The van der Waals surface area contributed by atoms with Gasteiger partial charge in [-0.15, -0.1) is 0 Å². The van der Waals surface area contributed by atoms with Gasteiger partial charge in [0, 0.05) is 0 Å². The highest BCUT2D eigenvalue weighted by molar-refractivity contribution is 6.29. The van der Waals surface area contributed by atoms with Crippen LogP contribution in [0, 0.1) is 5.82 Å². The fourth-order valence-corrected chi connectivity index (χ4v) is 1.46. The zero-order valence-electron chi connectivity index (χ0n) is 9.64. The van der Waals surface area contributed by atoms with Gasteiger partial charge in [0.2, 0.25) is 0 Å². The summed E-state index contributed by atoms with van der Waals surface area (Å²) in [4.78, 5) is 33.5. The van der Waals surface area contributed by atoms with Gasteiger partial charge in [0.1, 0.15) is 11.4 Å². The average Bonchev–Trinajstić information content (AvgIpc) is 2.34. The number of nitrogens with one attached hydrogen (secondary N) is 2. The first-order valence-electron chi connectivity index (χ1n) is 5.37. The van der Waals surface area contributed by atoms with Gasteiger partial charge in [-0.3, -0.25) is 20.2 Å². The zero-order valence-corrected chi connectivity index (χ0v) is 9.64. The molecule has 1 heterocycles. The molecule has 1 aliphatic rings. The van der Waals surface area contributed by atoms with E-state index in [2.05, 4.69) is 0 Å². The number of rotatable bonds is 2. The fraction of sp³-hybridized carbons (Fsp3) is 0. The molecular weight excluding hydrogens is 251 g/mol. The standard InChI is InChI=1S/C13H9FN2O3/c14-9-6-4-8(5-7-9)2-1-3-10-11(17)15-13(19)16-12(10)18/h1-7H,(H2,15,16,17,18,19)/b2-1+. The van der Waals surface area contributed by atoms with E-state index in [-0.39, 0.29) is 11.4 Å². The number of barbiturate groups is 1. The summed E-state index contributed by atoms with van der Waals surface area (Å²) < 4.78 is 12.7. The molecule has 0 saturated carbocycles. The number of hydrogen-bond acceptors (Lipinski definition) is 3. The van der Waals surface area contributed by atoms with Crippen molar-refractivity contribution >= 4 is 23.9 Å². The molecule has 1 aliphatic heterocycles. The summed E-state index contributed by atoms with van der Waals surface area (Å²) in [5.74, 6) is -1.85. The lowest BCUT2D eigenvalue weighted by atomic mass is 10.1. The number of amides is 4. The van der Waals surface area contributed by atoms with E-state index >= 15 is 0 Å². The predicted molar refractivity (Wildman–Crippen MR) is 65.2 cm³/mol. The maximum Gasteiger partial charge on any atom is 0.328 e. The van der Waals surface area contributed by atoms with Gasteiger partial charge in [-0.1, -0.05) is 24.3 Å². The van der Waals surface area contributed by atoms with E-state index in [9.17, 15) is 18.8 Å². The van der Waals surface area contributed by atoms with Crippen LogP contribution >= 0.6 is 0 Å². The second kappa shape index (κ2) is 5.26. The van der Waals surface area contributed by atoms with E-state index in [0.717, 1.165) is 0 Å². The lowest BCUT2D eigenvalue weighted by Gasteiger charge is -2.12. The molecule has 0 unspecified atom stereocenters. The van der Waals surface area contributed by atoms with Crippen molar-refractivity contribution in [3.8, 4) is 0 Å². The van der Waals surface area contributed by atoms with Crippen LogP contribution in [0.5, 0.6) is 0 Å². The molecule has 2 rings (SSSR count). The number of imide groups is 2. The van der Waals surface area contributed by atoms with Gasteiger partial charge in [0.25, 0.3) is 11.8 Å². The number of urea groups is 1. The minimum atomic E-state index is -0.838. The minimum absolute atomic E-state index is 0.169.